The highest BCUT2D eigenvalue weighted by molar-refractivity contribution is 7.39. The van der Waals surface area contributed by atoms with Gasteiger partial charge < -0.3 is 15.1 Å². The molecule has 24 heavy (non-hydrogen) atoms. The number of carbonyl (C=O) groups excluding carboxylic acids is 2. The van der Waals surface area contributed by atoms with E-state index in [2.05, 4.69) is 9.84 Å². The molecule has 8 heteroatoms. The Labute approximate surface area is 139 Å². The van der Waals surface area contributed by atoms with Gasteiger partial charge in [0.2, 0.25) is 0 Å². The zero-order valence-corrected chi connectivity index (χ0v) is 13.4. The summed E-state index contributed by atoms with van der Waals surface area (Å²) >= 11 is 0. The molecule has 0 aliphatic carbocycles. The molecule has 1 aliphatic heterocycles. The first-order valence-corrected chi connectivity index (χ1v) is 8.28. The van der Waals surface area contributed by atoms with Crippen LogP contribution in [0.2, 0.25) is 0 Å². The molecule has 3 rings (SSSR count). The van der Waals surface area contributed by atoms with E-state index < -0.39 is 32.8 Å². The van der Waals surface area contributed by atoms with Crippen molar-refractivity contribution in [3.8, 4) is 0 Å². The average molecular weight is 346 g/mol. The van der Waals surface area contributed by atoms with Crippen LogP contribution in [0.25, 0.3) is 0 Å². The third-order valence-corrected chi connectivity index (χ3v) is 4.17. The van der Waals surface area contributed by atoms with Gasteiger partial charge in [-0.05, 0) is 11.1 Å². The minimum atomic E-state index is -2.67. The normalized spacial score (nSPS) is 16.5. The summed E-state index contributed by atoms with van der Waals surface area (Å²) in [5, 5.41) is 2.72. The molecule has 0 saturated carbocycles. The molecule has 0 unspecified atom stereocenters. The lowest BCUT2D eigenvalue weighted by Gasteiger charge is -2.27. The maximum atomic E-state index is 13.1. The van der Waals surface area contributed by atoms with Crippen molar-refractivity contribution >= 4 is 20.5 Å². The van der Waals surface area contributed by atoms with Gasteiger partial charge in [0.05, 0.1) is 0 Å². The Morgan fingerprint density at radius 2 is 1.46 bits per heavy atom. The van der Waals surface area contributed by atoms with E-state index >= 15 is 0 Å². The molecule has 3 amide bonds. The number of urea groups is 1. The van der Waals surface area contributed by atoms with Gasteiger partial charge in [-0.3, -0.25) is 9.32 Å². The minimum absolute atomic E-state index is 0.537. The van der Waals surface area contributed by atoms with Gasteiger partial charge in [0, 0.05) is 0 Å². The average Bonchev–Trinajstić information content (AvgIpc) is 2.86. The first-order valence-electron chi connectivity index (χ1n) is 7.11. The molecule has 0 aromatic heterocycles. The smallest absolute Gasteiger partial charge is 0.328 e. The fourth-order valence-electron chi connectivity index (χ4n) is 2.74. The molecule has 0 atom stereocenters. The van der Waals surface area contributed by atoms with Crippen LogP contribution >= 0.6 is 8.60 Å². The van der Waals surface area contributed by atoms with Gasteiger partial charge in [-0.2, -0.15) is 0 Å². The molecule has 1 aliphatic rings. The Hall–Kier alpha value is -2.31. The van der Waals surface area contributed by atoms with Crippen molar-refractivity contribution in [2.45, 2.75) is 5.54 Å². The van der Waals surface area contributed by atoms with E-state index in [4.69, 9.17) is 9.79 Å². The number of benzene rings is 2. The highest BCUT2D eigenvalue weighted by atomic mass is 31.2. The van der Waals surface area contributed by atoms with Crippen LogP contribution in [-0.4, -0.2) is 33.4 Å². The molecule has 124 valence electrons. The van der Waals surface area contributed by atoms with Crippen molar-refractivity contribution in [1.82, 2.24) is 10.2 Å². The molecule has 1 heterocycles. The molecule has 7 nitrogen and oxygen atoms in total. The number of amides is 3. The molecular formula is C16H15N2O5P. The first kappa shape index (κ1) is 16.5. The van der Waals surface area contributed by atoms with Crippen LogP contribution in [0.1, 0.15) is 11.1 Å². The van der Waals surface area contributed by atoms with Gasteiger partial charge in [0.15, 0.2) is 5.54 Å². The van der Waals surface area contributed by atoms with Gasteiger partial charge in [-0.15, -0.1) is 0 Å². The van der Waals surface area contributed by atoms with Crippen molar-refractivity contribution in [3.05, 3.63) is 71.8 Å². The standard InChI is InChI=1S/C16H15N2O5P/c19-14-16(12-7-3-1-4-8-12,13-9-5-2-6-10-13)17-15(20)18(14)11-23-24(21)22/h1-10,21-22H,11H2,(H,17,20). The summed E-state index contributed by atoms with van der Waals surface area (Å²) in [7, 11) is -2.67. The number of nitrogens with zero attached hydrogens (tertiary/aromatic N) is 1. The van der Waals surface area contributed by atoms with Gasteiger partial charge in [-0.1, -0.05) is 60.7 Å². The van der Waals surface area contributed by atoms with Gasteiger partial charge in [-0.25, -0.2) is 9.69 Å². The SMILES string of the molecule is O=C1NC(c2ccccc2)(c2ccccc2)C(=O)N1COP(O)O. The molecule has 3 N–H and O–H groups in total. The number of imide groups is 1. The molecule has 2 aromatic carbocycles. The topological polar surface area (TPSA) is 99.1 Å². The van der Waals surface area contributed by atoms with E-state index in [9.17, 15) is 9.59 Å². The van der Waals surface area contributed by atoms with Crippen LogP contribution < -0.4 is 5.32 Å². The van der Waals surface area contributed by atoms with Crippen LogP contribution in [0.15, 0.2) is 60.7 Å². The third kappa shape index (κ3) is 2.79. The van der Waals surface area contributed by atoms with Crippen molar-refractivity contribution in [2.75, 3.05) is 6.73 Å². The summed E-state index contributed by atoms with van der Waals surface area (Å²) in [6.45, 7) is -0.537. The zero-order chi connectivity index (χ0) is 17.2. The van der Waals surface area contributed by atoms with Gasteiger partial charge >= 0.3 is 14.6 Å². The summed E-state index contributed by atoms with van der Waals surface area (Å²) in [4.78, 5) is 44.0. The molecule has 1 saturated heterocycles. The van der Waals surface area contributed by atoms with E-state index in [0.29, 0.717) is 11.1 Å². The van der Waals surface area contributed by atoms with Gasteiger partial charge in [0.1, 0.15) is 6.73 Å². The third-order valence-electron chi connectivity index (χ3n) is 3.82. The van der Waals surface area contributed by atoms with Gasteiger partial charge in [0.25, 0.3) is 5.91 Å². The number of nitrogens with one attached hydrogen (secondary N) is 1. The summed E-state index contributed by atoms with van der Waals surface area (Å²) < 4.78 is 4.65. The maximum absolute atomic E-state index is 13.1. The Balaban J connectivity index is 2.07. The highest BCUT2D eigenvalue weighted by Gasteiger charge is 2.53. The highest BCUT2D eigenvalue weighted by Crippen LogP contribution is 2.36. The predicted molar refractivity (Wildman–Crippen MR) is 86.4 cm³/mol. The zero-order valence-electron chi connectivity index (χ0n) is 12.5. The maximum Gasteiger partial charge on any atom is 0.328 e. The van der Waals surface area contributed by atoms with E-state index in [1.165, 1.54) is 0 Å². The summed E-state index contributed by atoms with van der Waals surface area (Å²) in [5.74, 6) is -0.540. The van der Waals surface area contributed by atoms with E-state index in [-0.39, 0.29) is 0 Å². The van der Waals surface area contributed by atoms with Crippen LogP contribution in [0.3, 0.4) is 0 Å². The molecule has 0 radical (unpaired) electrons. The van der Waals surface area contributed by atoms with Crippen LogP contribution in [0.4, 0.5) is 4.79 Å². The fraction of sp³-hybridized carbons (Fsp3) is 0.125. The lowest BCUT2D eigenvalue weighted by atomic mass is 9.83. The Bertz CT molecular complexity index is 699. The van der Waals surface area contributed by atoms with Crippen LogP contribution in [-0.2, 0) is 14.9 Å². The molecule has 0 bridgehead atoms. The largest absolute Gasteiger partial charge is 0.328 e. The quantitative estimate of drug-likeness (QED) is 0.565. The Morgan fingerprint density at radius 1 is 0.958 bits per heavy atom. The molecule has 1 fully saturated rings. The Kier molecular flexibility index (Phi) is 4.59. The van der Waals surface area contributed by atoms with Crippen LogP contribution in [0.5, 0.6) is 0 Å². The molecule has 0 spiro atoms. The van der Waals surface area contributed by atoms with E-state index in [1.807, 2.05) is 12.1 Å². The van der Waals surface area contributed by atoms with Crippen LogP contribution in [0, 0.1) is 0 Å². The monoisotopic (exact) mass is 346 g/mol. The lowest BCUT2D eigenvalue weighted by Crippen LogP contribution is -2.45. The summed E-state index contributed by atoms with van der Waals surface area (Å²) in [5.41, 5.74) is -0.170. The number of hydrogen-bond acceptors (Lipinski definition) is 5. The Morgan fingerprint density at radius 3 is 1.92 bits per heavy atom. The van der Waals surface area contributed by atoms with Crippen molar-refractivity contribution in [3.63, 3.8) is 0 Å². The molecule has 2 aromatic rings. The van der Waals surface area contributed by atoms with Crippen molar-refractivity contribution in [2.24, 2.45) is 0 Å². The second-order valence-electron chi connectivity index (χ2n) is 5.16. The number of hydrogen-bond donors (Lipinski definition) is 3. The van der Waals surface area contributed by atoms with Crippen molar-refractivity contribution in [1.29, 1.82) is 0 Å². The number of rotatable bonds is 5. The van der Waals surface area contributed by atoms with E-state index in [1.54, 1.807) is 48.5 Å². The minimum Gasteiger partial charge on any atom is -0.328 e. The fourth-order valence-corrected chi connectivity index (χ4v) is 2.96. The van der Waals surface area contributed by atoms with E-state index in [0.717, 1.165) is 4.90 Å². The lowest BCUT2D eigenvalue weighted by molar-refractivity contribution is -0.132. The first-order chi connectivity index (χ1) is 11.6. The van der Waals surface area contributed by atoms with Crippen molar-refractivity contribution < 1.29 is 23.9 Å². The predicted octanol–water partition coefficient (Wildman–Crippen LogP) is 1.67. The second-order valence-corrected chi connectivity index (χ2v) is 5.92. The molecular weight excluding hydrogens is 331 g/mol. The number of carbonyl (C=O) groups is 2. The summed E-state index contributed by atoms with van der Waals surface area (Å²) in [6, 6.07) is 17.1. The second kappa shape index (κ2) is 6.67. The summed E-state index contributed by atoms with van der Waals surface area (Å²) in [6.07, 6.45) is 0.